The van der Waals surface area contributed by atoms with E-state index in [1.807, 2.05) is 0 Å². The smallest absolute Gasteiger partial charge is 0.196 e. The number of ketones is 1. The molecule has 0 amide bonds. The molecule has 1 fully saturated rings. The van der Waals surface area contributed by atoms with E-state index in [0.717, 1.165) is 12.8 Å². The van der Waals surface area contributed by atoms with Crippen LogP contribution in [-0.4, -0.2) is 50.7 Å². The molecule has 1 saturated heterocycles. The summed E-state index contributed by atoms with van der Waals surface area (Å²) in [5.74, 6) is 0.384. The number of hydrogen-bond donors (Lipinski definition) is 3. The number of H-pyrrole nitrogens is 1. The molecule has 0 aliphatic carbocycles. The van der Waals surface area contributed by atoms with Gasteiger partial charge in [-0.15, -0.1) is 0 Å². The first-order chi connectivity index (χ1) is 13.5. The van der Waals surface area contributed by atoms with E-state index in [-0.39, 0.29) is 17.9 Å². The first kappa shape index (κ1) is 18.9. The number of rotatable bonds is 5. The number of hydrogen-bond acceptors (Lipinski definition) is 6. The van der Waals surface area contributed by atoms with Crippen molar-refractivity contribution in [3.05, 3.63) is 52.9 Å². The number of benzene rings is 1. The zero-order chi connectivity index (χ0) is 19.7. The minimum absolute atomic E-state index is 0.0336. The topological polar surface area (TPSA) is 100 Å². The molecule has 146 valence electrons. The van der Waals surface area contributed by atoms with Crippen LogP contribution in [-0.2, 0) is 4.74 Å². The Hall–Kier alpha value is -2.48. The number of aliphatic hydroxyl groups excluding tert-OH is 1. The van der Waals surface area contributed by atoms with Gasteiger partial charge in [0.2, 0.25) is 0 Å². The van der Waals surface area contributed by atoms with Gasteiger partial charge in [-0.25, -0.2) is 9.97 Å². The zero-order valence-corrected chi connectivity index (χ0v) is 16.1. The Kier molecular flexibility index (Phi) is 5.30. The molecule has 0 bridgehead atoms. The number of nitrogens with one attached hydrogen (secondary N) is 2. The largest absolute Gasteiger partial charge is 0.391 e. The SMILES string of the molecule is C[C@@H](O)[C@@H]1CC[C@@H](Nc2ncnc3[nH]cc(C(=O)c4ccccc4Cl)c23)CO1. The summed E-state index contributed by atoms with van der Waals surface area (Å²) < 4.78 is 5.73. The minimum Gasteiger partial charge on any atom is -0.391 e. The Morgan fingerprint density at radius 3 is 2.86 bits per heavy atom. The molecule has 4 rings (SSSR count). The van der Waals surface area contributed by atoms with E-state index in [1.165, 1.54) is 6.33 Å². The van der Waals surface area contributed by atoms with Gasteiger partial charge in [-0.1, -0.05) is 23.7 Å². The number of carbonyl (C=O) groups excluding carboxylic acids is 1. The van der Waals surface area contributed by atoms with Gasteiger partial charge in [0, 0.05) is 11.8 Å². The number of aromatic amines is 1. The molecule has 3 aromatic rings. The molecule has 0 spiro atoms. The van der Waals surface area contributed by atoms with Crippen LogP contribution in [0.1, 0.15) is 35.7 Å². The van der Waals surface area contributed by atoms with Gasteiger partial charge in [0.1, 0.15) is 17.8 Å². The third-order valence-electron chi connectivity index (χ3n) is 5.02. The van der Waals surface area contributed by atoms with Crippen LogP contribution in [0.5, 0.6) is 0 Å². The number of aromatic nitrogens is 3. The molecule has 1 aliphatic heterocycles. The quantitative estimate of drug-likeness (QED) is 0.569. The molecule has 0 saturated carbocycles. The lowest BCUT2D eigenvalue weighted by molar-refractivity contribution is -0.0584. The second-order valence-electron chi connectivity index (χ2n) is 6.99. The van der Waals surface area contributed by atoms with Crippen LogP contribution in [0.4, 0.5) is 5.82 Å². The molecule has 8 heteroatoms. The van der Waals surface area contributed by atoms with E-state index in [1.54, 1.807) is 37.4 Å². The lowest BCUT2D eigenvalue weighted by Crippen LogP contribution is -2.39. The number of aliphatic hydroxyl groups is 1. The standard InChI is InChI=1S/C20H21ClN4O3/c1-11(26)16-7-6-12(9-28-16)25-20-17-14(8-22-19(17)23-10-24-20)18(27)13-4-2-3-5-15(13)21/h2-5,8,10-12,16,26H,6-7,9H2,1H3,(H2,22,23,24,25)/t11-,12-,16+/m1/s1. The van der Waals surface area contributed by atoms with E-state index in [4.69, 9.17) is 16.3 Å². The fourth-order valence-corrected chi connectivity index (χ4v) is 3.72. The molecular formula is C20H21ClN4O3. The van der Waals surface area contributed by atoms with E-state index in [0.29, 0.717) is 39.6 Å². The zero-order valence-electron chi connectivity index (χ0n) is 15.4. The summed E-state index contributed by atoms with van der Waals surface area (Å²) in [6.45, 7) is 2.19. The van der Waals surface area contributed by atoms with Crippen LogP contribution < -0.4 is 5.32 Å². The van der Waals surface area contributed by atoms with Crippen molar-refractivity contribution >= 4 is 34.2 Å². The number of fused-ring (bicyclic) bond motifs is 1. The first-order valence-corrected chi connectivity index (χ1v) is 9.60. The highest BCUT2D eigenvalue weighted by Crippen LogP contribution is 2.29. The summed E-state index contributed by atoms with van der Waals surface area (Å²) in [6, 6.07) is 6.99. The third kappa shape index (κ3) is 3.61. The molecule has 28 heavy (non-hydrogen) atoms. The molecule has 7 nitrogen and oxygen atoms in total. The second-order valence-corrected chi connectivity index (χ2v) is 7.40. The highest BCUT2D eigenvalue weighted by molar-refractivity contribution is 6.35. The molecule has 2 aromatic heterocycles. The summed E-state index contributed by atoms with van der Waals surface area (Å²) in [5, 5.41) is 14.1. The Bertz CT molecular complexity index is 996. The van der Waals surface area contributed by atoms with Crippen molar-refractivity contribution in [3.8, 4) is 0 Å². The van der Waals surface area contributed by atoms with E-state index >= 15 is 0 Å². The Labute approximate surface area is 167 Å². The van der Waals surface area contributed by atoms with E-state index in [9.17, 15) is 9.90 Å². The monoisotopic (exact) mass is 400 g/mol. The van der Waals surface area contributed by atoms with Gasteiger partial charge in [0.05, 0.1) is 40.8 Å². The summed E-state index contributed by atoms with van der Waals surface area (Å²) >= 11 is 6.21. The van der Waals surface area contributed by atoms with Crippen molar-refractivity contribution in [1.29, 1.82) is 0 Å². The second kappa shape index (κ2) is 7.87. The van der Waals surface area contributed by atoms with Crippen LogP contribution in [0.15, 0.2) is 36.8 Å². The molecule has 0 radical (unpaired) electrons. The van der Waals surface area contributed by atoms with Crippen molar-refractivity contribution in [2.75, 3.05) is 11.9 Å². The summed E-state index contributed by atoms with van der Waals surface area (Å²) in [7, 11) is 0. The molecule has 3 heterocycles. The highest BCUT2D eigenvalue weighted by Gasteiger charge is 2.26. The summed E-state index contributed by atoms with van der Waals surface area (Å²) in [4.78, 5) is 24.7. The Morgan fingerprint density at radius 1 is 1.32 bits per heavy atom. The van der Waals surface area contributed by atoms with Gasteiger partial charge in [-0.2, -0.15) is 0 Å². The average Bonchev–Trinajstić information content (AvgIpc) is 3.13. The van der Waals surface area contributed by atoms with Crippen LogP contribution in [0.25, 0.3) is 11.0 Å². The Balaban J connectivity index is 1.63. The van der Waals surface area contributed by atoms with Crippen molar-refractivity contribution in [2.45, 2.75) is 38.0 Å². The van der Waals surface area contributed by atoms with Gasteiger partial charge in [0.25, 0.3) is 0 Å². The fraction of sp³-hybridized carbons (Fsp3) is 0.350. The normalized spacial score (nSPS) is 20.8. The van der Waals surface area contributed by atoms with Crippen molar-refractivity contribution in [1.82, 2.24) is 15.0 Å². The van der Waals surface area contributed by atoms with E-state index in [2.05, 4.69) is 20.3 Å². The molecule has 0 unspecified atom stereocenters. The average molecular weight is 401 g/mol. The summed E-state index contributed by atoms with van der Waals surface area (Å²) in [6.07, 6.45) is 4.04. The van der Waals surface area contributed by atoms with Gasteiger partial charge in [0.15, 0.2) is 5.78 Å². The number of nitrogens with zero attached hydrogens (tertiary/aromatic N) is 2. The minimum atomic E-state index is -0.490. The Morgan fingerprint density at radius 2 is 2.14 bits per heavy atom. The van der Waals surface area contributed by atoms with E-state index < -0.39 is 6.10 Å². The molecule has 3 N–H and O–H groups in total. The fourth-order valence-electron chi connectivity index (χ4n) is 3.50. The number of carbonyl (C=O) groups is 1. The number of anilines is 1. The van der Waals surface area contributed by atoms with Gasteiger partial charge < -0.3 is 20.1 Å². The number of halogens is 1. The predicted octanol–water partition coefficient (Wildman–Crippen LogP) is 3.18. The lowest BCUT2D eigenvalue weighted by Gasteiger charge is -2.31. The third-order valence-corrected chi connectivity index (χ3v) is 5.35. The van der Waals surface area contributed by atoms with Gasteiger partial charge in [-0.05, 0) is 31.9 Å². The molecular weight excluding hydrogens is 380 g/mol. The van der Waals surface area contributed by atoms with Crippen LogP contribution in [0.2, 0.25) is 5.02 Å². The van der Waals surface area contributed by atoms with Gasteiger partial charge in [-0.3, -0.25) is 4.79 Å². The highest BCUT2D eigenvalue weighted by atomic mass is 35.5. The van der Waals surface area contributed by atoms with Crippen LogP contribution in [0.3, 0.4) is 0 Å². The van der Waals surface area contributed by atoms with Crippen LogP contribution in [0, 0.1) is 0 Å². The maximum Gasteiger partial charge on any atom is 0.196 e. The lowest BCUT2D eigenvalue weighted by atomic mass is 10.0. The van der Waals surface area contributed by atoms with Crippen LogP contribution >= 0.6 is 11.6 Å². The predicted molar refractivity (Wildman–Crippen MR) is 107 cm³/mol. The maximum atomic E-state index is 13.1. The van der Waals surface area contributed by atoms with Crippen molar-refractivity contribution < 1.29 is 14.6 Å². The maximum absolute atomic E-state index is 13.1. The molecule has 3 atom stereocenters. The van der Waals surface area contributed by atoms with Crippen molar-refractivity contribution in [3.63, 3.8) is 0 Å². The molecule has 1 aromatic carbocycles. The first-order valence-electron chi connectivity index (χ1n) is 9.22. The molecule has 1 aliphatic rings. The van der Waals surface area contributed by atoms with Crippen molar-refractivity contribution in [2.24, 2.45) is 0 Å². The summed E-state index contributed by atoms with van der Waals surface area (Å²) in [5.41, 5.74) is 1.47. The van der Waals surface area contributed by atoms with Gasteiger partial charge >= 0.3 is 0 Å². The number of ether oxygens (including phenoxy) is 1.